The smallest absolute Gasteiger partial charge is 0.261 e. The molecule has 19 heavy (non-hydrogen) atoms. The molecule has 0 aliphatic heterocycles. The maximum atomic E-state index is 12.1. The van der Waals surface area contributed by atoms with Gasteiger partial charge in [-0.15, -0.1) is 11.3 Å². The van der Waals surface area contributed by atoms with Crippen molar-refractivity contribution >= 4 is 17.2 Å². The van der Waals surface area contributed by atoms with E-state index in [0.717, 1.165) is 29.7 Å². The second-order valence-corrected chi connectivity index (χ2v) is 6.26. The van der Waals surface area contributed by atoms with E-state index in [0.29, 0.717) is 18.4 Å². The number of rotatable bonds is 8. The van der Waals surface area contributed by atoms with Gasteiger partial charge in [-0.05, 0) is 48.1 Å². The normalized spacial score (nSPS) is 12.7. The monoisotopic (exact) mass is 283 g/mol. The minimum atomic E-state index is 0.0264. The molecule has 0 aliphatic rings. The van der Waals surface area contributed by atoms with Gasteiger partial charge in [0.05, 0.1) is 4.88 Å². The van der Waals surface area contributed by atoms with Gasteiger partial charge in [0.15, 0.2) is 0 Å². The molecular formula is C15H25NO2S. The average molecular weight is 283 g/mol. The van der Waals surface area contributed by atoms with Crippen LogP contribution < -0.4 is 5.32 Å². The zero-order valence-corrected chi connectivity index (χ0v) is 12.9. The van der Waals surface area contributed by atoms with E-state index < -0.39 is 0 Å². The quantitative estimate of drug-likeness (QED) is 0.770. The van der Waals surface area contributed by atoms with Gasteiger partial charge in [0.25, 0.3) is 5.91 Å². The number of nitrogens with one attached hydrogen (secondary N) is 1. The van der Waals surface area contributed by atoms with Crippen molar-refractivity contribution in [1.82, 2.24) is 5.32 Å². The summed E-state index contributed by atoms with van der Waals surface area (Å²) in [6.07, 6.45) is 2.67. The van der Waals surface area contributed by atoms with Gasteiger partial charge in [-0.3, -0.25) is 4.79 Å². The number of amides is 1. The first kappa shape index (κ1) is 16.2. The minimum absolute atomic E-state index is 0.0264. The summed E-state index contributed by atoms with van der Waals surface area (Å²) in [5.74, 6) is 0.971. The number of aliphatic hydroxyl groups is 1. The van der Waals surface area contributed by atoms with Crippen LogP contribution in [0.4, 0.5) is 0 Å². The van der Waals surface area contributed by atoms with Crippen molar-refractivity contribution in [3.05, 3.63) is 21.9 Å². The van der Waals surface area contributed by atoms with Crippen molar-refractivity contribution in [3.63, 3.8) is 0 Å². The molecule has 3 nitrogen and oxygen atoms in total. The highest BCUT2D eigenvalue weighted by atomic mass is 32.1. The Hall–Kier alpha value is -0.870. The Kier molecular flexibility index (Phi) is 7.10. The number of hydrogen-bond acceptors (Lipinski definition) is 3. The number of thiophene rings is 1. The molecule has 0 fully saturated rings. The molecule has 1 aromatic rings. The van der Waals surface area contributed by atoms with Gasteiger partial charge >= 0.3 is 0 Å². The number of carbonyl (C=O) groups excluding carboxylic acids is 1. The first-order valence-electron chi connectivity index (χ1n) is 7.03. The van der Waals surface area contributed by atoms with Gasteiger partial charge in [0.1, 0.15) is 0 Å². The zero-order chi connectivity index (χ0) is 14.3. The van der Waals surface area contributed by atoms with E-state index >= 15 is 0 Å². The molecule has 1 aromatic heterocycles. The Bertz CT molecular complexity index is 387. The summed E-state index contributed by atoms with van der Waals surface area (Å²) in [4.78, 5) is 12.9. The van der Waals surface area contributed by atoms with E-state index in [1.807, 2.05) is 11.4 Å². The molecule has 2 N–H and O–H groups in total. The SMILES string of the molecule is CCc1ccsc1C(=O)NCC(CCO)CC(C)C. The highest BCUT2D eigenvalue weighted by Gasteiger charge is 2.15. The predicted molar refractivity (Wildman–Crippen MR) is 80.7 cm³/mol. The van der Waals surface area contributed by atoms with Gasteiger partial charge in [-0.25, -0.2) is 0 Å². The zero-order valence-electron chi connectivity index (χ0n) is 12.1. The molecule has 1 amide bonds. The molecule has 1 heterocycles. The molecule has 108 valence electrons. The summed E-state index contributed by atoms with van der Waals surface area (Å²) in [6.45, 7) is 7.23. The Morgan fingerprint density at radius 3 is 2.79 bits per heavy atom. The maximum absolute atomic E-state index is 12.1. The minimum Gasteiger partial charge on any atom is -0.396 e. The topological polar surface area (TPSA) is 49.3 Å². The van der Waals surface area contributed by atoms with E-state index in [1.54, 1.807) is 0 Å². The summed E-state index contributed by atoms with van der Waals surface area (Å²) in [5, 5.41) is 14.0. The second kappa shape index (κ2) is 8.33. The molecule has 1 unspecified atom stereocenters. The van der Waals surface area contributed by atoms with Crippen LogP contribution in [0.25, 0.3) is 0 Å². The Morgan fingerprint density at radius 2 is 2.21 bits per heavy atom. The maximum Gasteiger partial charge on any atom is 0.261 e. The van der Waals surface area contributed by atoms with Crippen LogP contribution >= 0.6 is 11.3 Å². The van der Waals surface area contributed by atoms with E-state index in [1.165, 1.54) is 11.3 Å². The molecule has 0 spiro atoms. The van der Waals surface area contributed by atoms with Crippen molar-refractivity contribution in [2.75, 3.05) is 13.2 Å². The fraction of sp³-hybridized carbons (Fsp3) is 0.667. The molecule has 0 aliphatic carbocycles. The summed E-state index contributed by atoms with van der Waals surface area (Å²) in [5.41, 5.74) is 1.12. The molecule has 0 saturated carbocycles. The van der Waals surface area contributed by atoms with E-state index in [-0.39, 0.29) is 12.5 Å². The lowest BCUT2D eigenvalue weighted by atomic mass is 9.94. The molecule has 0 aromatic carbocycles. The molecule has 0 radical (unpaired) electrons. The van der Waals surface area contributed by atoms with Crippen LogP contribution in [0.5, 0.6) is 0 Å². The van der Waals surface area contributed by atoms with Crippen LogP contribution in [-0.2, 0) is 6.42 Å². The first-order valence-corrected chi connectivity index (χ1v) is 7.91. The number of carbonyl (C=O) groups is 1. The third kappa shape index (κ3) is 5.33. The summed E-state index contributed by atoms with van der Waals surface area (Å²) in [6, 6.07) is 2.01. The highest BCUT2D eigenvalue weighted by molar-refractivity contribution is 7.12. The number of hydrogen-bond donors (Lipinski definition) is 2. The van der Waals surface area contributed by atoms with Crippen LogP contribution in [0.1, 0.15) is 48.8 Å². The van der Waals surface area contributed by atoms with Crippen molar-refractivity contribution in [2.45, 2.75) is 40.0 Å². The molecule has 0 saturated heterocycles. The van der Waals surface area contributed by atoms with E-state index in [4.69, 9.17) is 5.11 Å². The van der Waals surface area contributed by atoms with Gasteiger partial charge in [-0.2, -0.15) is 0 Å². The largest absolute Gasteiger partial charge is 0.396 e. The summed E-state index contributed by atoms with van der Waals surface area (Å²) in [7, 11) is 0. The molecule has 1 atom stereocenters. The Labute approximate surface area is 120 Å². The van der Waals surface area contributed by atoms with Crippen LogP contribution in [-0.4, -0.2) is 24.2 Å². The Balaban J connectivity index is 2.51. The second-order valence-electron chi connectivity index (χ2n) is 5.35. The standard InChI is InChI=1S/C15H25NO2S/c1-4-13-6-8-19-14(13)15(18)16-10-12(5-7-17)9-11(2)3/h6,8,11-12,17H,4-5,7,9-10H2,1-3H3,(H,16,18). The van der Waals surface area contributed by atoms with E-state index in [2.05, 4.69) is 26.1 Å². The third-order valence-electron chi connectivity index (χ3n) is 3.23. The van der Waals surface area contributed by atoms with E-state index in [9.17, 15) is 4.79 Å². The fourth-order valence-electron chi connectivity index (χ4n) is 2.28. The van der Waals surface area contributed by atoms with Crippen LogP contribution in [0, 0.1) is 11.8 Å². The van der Waals surface area contributed by atoms with Gasteiger partial charge in [-0.1, -0.05) is 20.8 Å². The fourth-order valence-corrected chi connectivity index (χ4v) is 3.19. The molecule has 1 rings (SSSR count). The third-order valence-corrected chi connectivity index (χ3v) is 4.18. The average Bonchev–Trinajstić information content (AvgIpc) is 2.83. The molecular weight excluding hydrogens is 258 g/mol. The molecule has 4 heteroatoms. The van der Waals surface area contributed by atoms with Gasteiger partial charge < -0.3 is 10.4 Å². The predicted octanol–water partition coefficient (Wildman–Crippen LogP) is 3.09. The van der Waals surface area contributed by atoms with Crippen molar-refractivity contribution in [3.8, 4) is 0 Å². The van der Waals surface area contributed by atoms with Crippen LogP contribution in [0.2, 0.25) is 0 Å². The van der Waals surface area contributed by atoms with Crippen molar-refractivity contribution < 1.29 is 9.90 Å². The lowest BCUT2D eigenvalue weighted by Gasteiger charge is -2.18. The summed E-state index contributed by atoms with van der Waals surface area (Å²) >= 11 is 1.50. The van der Waals surface area contributed by atoms with Gasteiger partial charge in [0.2, 0.25) is 0 Å². The van der Waals surface area contributed by atoms with Crippen LogP contribution in [0.15, 0.2) is 11.4 Å². The van der Waals surface area contributed by atoms with Crippen molar-refractivity contribution in [1.29, 1.82) is 0 Å². The Morgan fingerprint density at radius 1 is 1.47 bits per heavy atom. The van der Waals surface area contributed by atoms with Crippen molar-refractivity contribution in [2.24, 2.45) is 11.8 Å². The van der Waals surface area contributed by atoms with Crippen LogP contribution in [0.3, 0.4) is 0 Å². The number of aryl methyl sites for hydroxylation is 1. The highest BCUT2D eigenvalue weighted by Crippen LogP contribution is 2.18. The lowest BCUT2D eigenvalue weighted by Crippen LogP contribution is -2.30. The van der Waals surface area contributed by atoms with Gasteiger partial charge in [0, 0.05) is 13.2 Å². The lowest BCUT2D eigenvalue weighted by molar-refractivity contribution is 0.0944. The number of aliphatic hydroxyl groups excluding tert-OH is 1. The summed E-state index contributed by atoms with van der Waals surface area (Å²) < 4.78 is 0. The molecule has 0 bridgehead atoms. The first-order chi connectivity index (χ1) is 9.08.